The Balaban J connectivity index is 1.58. The topological polar surface area (TPSA) is 38.7 Å². The minimum Gasteiger partial charge on any atom is -0.393 e. The monoisotopic (exact) mass is 388 g/mol. The molecule has 1 heterocycles. The molecule has 4 saturated carbocycles. The molecule has 0 aromatic heterocycles. The molecule has 1 aliphatic heterocycles. The van der Waals surface area contributed by atoms with E-state index in [-0.39, 0.29) is 33.9 Å². The van der Waals surface area contributed by atoms with E-state index in [1.165, 1.54) is 37.7 Å². The van der Waals surface area contributed by atoms with Crippen LogP contribution in [0.25, 0.3) is 0 Å². The van der Waals surface area contributed by atoms with E-state index in [1.54, 1.807) is 0 Å². The quantitative estimate of drug-likeness (QED) is 0.438. The lowest BCUT2D eigenvalue weighted by molar-refractivity contribution is -0.371. The van der Waals surface area contributed by atoms with Gasteiger partial charge in [0.25, 0.3) is 0 Å². The van der Waals surface area contributed by atoms with E-state index in [4.69, 9.17) is 9.78 Å². The predicted octanol–water partition coefficient (Wildman–Crippen LogP) is 5.53. The molecule has 0 radical (unpaired) electrons. The summed E-state index contributed by atoms with van der Waals surface area (Å²) >= 11 is 0. The number of aliphatic hydroxyl groups is 1. The summed E-state index contributed by atoms with van der Waals surface area (Å²) in [6.07, 6.45) is 8.20. The second-order valence-corrected chi connectivity index (χ2v) is 12.5. The molecule has 1 saturated heterocycles. The van der Waals surface area contributed by atoms with E-state index < -0.39 is 0 Å². The van der Waals surface area contributed by atoms with Crippen LogP contribution in [0.2, 0.25) is 0 Å². The smallest absolute Gasteiger partial charge is 0.114 e. The van der Waals surface area contributed by atoms with Gasteiger partial charge in [0.05, 0.1) is 12.7 Å². The number of hydrogen-bond acceptors (Lipinski definition) is 3. The van der Waals surface area contributed by atoms with Crippen LogP contribution in [-0.2, 0) is 9.78 Å². The molecular formula is C25H40O3. The second-order valence-electron chi connectivity index (χ2n) is 12.5. The van der Waals surface area contributed by atoms with Gasteiger partial charge >= 0.3 is 0 Å². The second kappa shape index (κ2) is 5.86. The maximum Gasteiger partial charge on any atom is 0.114 e. The van der Waals surface area contributed by atoms with E-state index in [0.717, 1.165) is 12.8 Å². The van der Waals surface area contributed by atoms with Crippen LogP contribution < -0.4 is 0 Å². The molecule has 5 rings (SSSR count). The molecule has 9 atom stereocenters. The fraction of sp³-hybridized carbons (Fsp3) is 0.920. The maximum absolute atomic E-state index is 11.6. The fourth-order valence-corrected chi connectivity index (χ4v) is 9.93. The summed E-state index contributed by atoms with van der Waals surface area (Å²) in [6.45, 7) is 17.4. The Kier molecular flexibility index (Phi) is 4.09. The summed E-state index contributed by atoms with van der Waals surface area (Å²) in [6, 6.07) is 0. The first-order valence-corrected chi connectivity index (χ1v) is 11.7. The van der Waals surface area contributed by atoms with Gasteiger partial charge in [0.2, 0.25) is 0 Å². The summed E-state index contributed by atoms with van der Waals surface area (Å²) in [5.74, 6) is 2.08. The first kappa shape index (κ1) is 19.6. The summed E-state index contributed by atoms with van der Waals surface area (Å²) in [5.41, 5.74) is 2.13. The molecule has 5 aliphatic rings. The highest BCUT2D eigenvalue weighted by Gasteiger charge is 2.69. The summed E-state index contributed by atoms with van der Waals surface area (Å²) in [4.78, 5) is 11.2. The van der Waals surface area contributed by atoms with Crippen LogP contribution in [-0.4, -0.2) is 23.9 Å². The average molecular weight is 389 g/mol. The lowest BCUT2D eigenvalue weighted by Crippen LogP contribution is -2.67. The van der Waals surface area contributed by atoms with Crippen molar-refractivity contribution in [3.8, 4) is 0 Å². The number of rotatable bonds is 0. The number of fused-ring (bicyclic) bond motifs is 8. The van der Waals surface area contributed by atoms with E-state index >= 15 is 0 Å². The van der Waals surface area contributed by atoms with Gasteiger partial charge < -0.3 is 5.11 Å². The minimum absolute atomic E-state index is 0.0397. The first-order chi connectivity index (χ1) is 13.0. The molecule has 5 fully saturated rings. The normalized spacial score (nSPS) is 57.7. The van der Waals surface area contributed by atoms with Gasteiger partial charge in [0, 0.05) is 5.92 Å². The van der Waals surface area contributed by atoms with Gasteiger partial charge in [-0.25, -0.2) is 9.78 Å². The van der Waals surface area contributed by atoms with Crippen molar-refractivity contribution in [3.63, 3.8) is 0 Å². The predicted molar refractivity (Wildman–Crippen MR) is 110 cm³/mol. The molecule has 3 nitrogen and oxygen atoms in total. The van der Waals surface area contributed by atoms with Crippen LogP contribution in [0.1, 0.15) is 79.6 Å². The lowest BCUT2D eigenvalue weighted by Gasteiger charge is -2.71. The van der Waals surface area contributed by atoms with Crippen molar-refractivity contribution in [3.05, 3.63) is 12.2 Å². The van der Waals surface area contributed by atoms with E-state index in [1.807, 2.05) is 0 Å². The molecule has 0 aromatic rings. The van der Waals surface area contributed by atoms with Gasteiger partial charge in [-0.3, -0.25) is 0 Å². The molecule has 0 spiro atoms. The third kappa shape index (κ3) is 2.28. The van der Waals surface area contributed by atoms with Crippen LogP contribution in [0.15, 0.2) is 12.2 Å². The molecule has 0 unspecified atom stereocenters. The van der Waals surface area contributed by atoms with Crippen LogP contribution in [0.3, 0.4) is 0 Å². The molecule has 1 N–H and O–H groups in total. The Morgan fingerprint density at radius 1 is 0.964 bits per heavy atom. The van der Waals surface area contributed by atoms with Gasteiger partial charge in [-0.2, -0.15) is 0 Å². The van der Waals surface area contributed by atoms with Gasteiger partial charge in [-0.05, 0) is 83.5 Å². The van der Waals surface area contributed by atoms with Crippen LogP contribution in [0, 0.1) is 45.3 Å². The molecule has 2 bridgehead atoms. The van der Waals surface area contributed by atoms with Crippen molar-refractivity contribution in [1.82, 2.24) is 0 Å². The molecule has 158 valence electrons. The minimum atomic E-state index is -0.189. The number of aliphatic hydroxyl groups excluding tert-OH is 1. The Labute approximate surface area is 171 Å². The van der Waals surface area contributed by atoms with Crippen LogP contribution >= 0.6 is 0 Å². The van der Waals surface area contributed by atoms with E-state index in [2.05, 4.69) is 41.2 Å². The maximum atomic E-state index is 11.6. The molecule has 0 aromatic carbocycles. The molecule has 28 heavy (non-hydrogen) atoms. The highest BCUT2D eigenvalue weighted by atomic mass is 17.2. The van der Waals surface area contributed by atoms with Crippen molar-refractivity contribution in [2.24, 2.45) is 45.3 Å². The van der Waals surface area contributed by atoms with E-state index in [0.29, 0.717) is 30.3 Å². The first-order valence-electron chi connectivity index (χ1n) is 11.7. The third-order valence-corrected chi connectivity index (χ3v) is 10.8. The summed E-state index contributed by atoms with van der Waals surface area (Å²) < 4.78 is 0. The largest absolute Gasteiger partial charge is 0.393 e. The summed E-state index contributed by atoms with van der Waals surface area (Å²) in [5, 5.41) is 11.6. The zero-order valence-electron chi connectivity index (χ0n) is 18.6. The molecular weight excluding hydrogens is 348 g/mol. The van der Waals surface area contributed by atoms with Crippen molar-refractivity contribution < 1.29 is 14.9 Å². The zero-order chi connectivity index (χ0) is 20.1. The SMILES string of the molecule is C=C1[C@H]2COO[C@@H]1C[C@H]1[C@]3(C)C[C@H](O)[C@H]4C(C)(C)CCC[C@]4(C)[C@H]3CC[C@@]12C. The highest BCUT2D eigenvalue weighted by Crippen LogP contribution is 2.73. The summed E-state index contributed by atoms with van der Waals surface area (Å²) in [7, 11) is 0. The Morgan fingerprint density at radius 3 is 2.46 bits per heavy atom. The van der Waals surface area contributed by atoms with Gasteiger partial charge in [0.1, 0.15) is 6.10 Å². The van der Waals surface area contributed by atoms with Crippen molar-refractivity contribution in [2.45, 2.75) is 91.8 Å². The zero-order valence-corrected chi connectivity index (χ0v) is 18.6. The van der Waals surface area contributed by atoms with Crippen LogP contribution in [0.5, 0.6) is 0 Å². The Morgan fingerprint density at radius 2 is 1.71 bits per heavy atom. The van der Waals surface area contributed by atoms with Gasteiger partial charge in [0.15, 0.2) is 0 Å². The average Bonchev–Trinajstić information content (AvgIpc) is 2.56. The van der Waals surface area contributed by atoms with Gasteiger partial charge in [-0.1, -0.05) is 47.6 Å². The van der Waals surface area contributed by atoms with Crippen molar-refractivity contribution >= 4 is 0 Å². The molecule has 4 aliphatic carbocycles. The highest BCUT2D eigenvalue weighted by molar-refractivity contribution is 5.24. The fourth-order valence-electron chi connectivity index (χ4n) is 9.93. The van der Waals surface area contributed by atoms with Crippen molar-refractivity contribution in [2.75, 3.05) is 6.61 Å². The lowest BCUT2D eigenvalue weighted by atomic mass is 9.34. The van der Waals surface area contributed by atoms with Crippen molar-refractivity contribution in [1.29, 1.82) is 0 Å². The van der Waals surface area contributed by atoms with E-state index in [9.17, 15) is 5.11 Å². The standard InChI is InChI=1S/C25H40O3/c1-15-16-14-27-28-18(15)12-20-23(16,4)11-8-19-24(5)10-7-9-22(2,3)21(24)17(26)13-25(19,20)6/h16-21,26H,1,7-14H2,2-6H3/t16-,17+,18-,19-,20-,21+,23-,24-,25-/m1/s1. The molecule has 3 heteroatoms. The third-order valence-electron chi connectivity index (χ3n) is 10.8. The number of hydrogen-bond donors (Lipinski definition) is 1. The van der Waals surface area contributed by atoms with Gasteiger partial charge in [-0.15, -0.1) is 0 Å². The molecule has 0 amide bonds. The van der Waals surface area contributed by atoms with Crippen LogP contribution in [0.4, 0.5) is 0 Å². The Hall–Kier alpha value is -0.380. The Bertz CT molecular complexity index is 685.